The van der Waals surface area contributed by atoms with E-state index in [4.69, 9.17) is 0 Å². The van der Waals surface area contributed by atoms with Crippen molar-refractivity contribution in [1.82, 2.24) is 15.0 Å². The number of piperidine rings is 1. The number of rotatable bonds is 3. The Morgan fingerprint density at radius 3 is 2.69 bits per heavy atom. The summed E-state index contributed by atoms with van der Waals surface area (Å²) in [4.78, 5) is 27.7. The Labute approximate surface area is 170 Å². The fourth-order valence-electron chi connectivity index (χ4n) is 3.32. The van der Waals surface area contributed by atoms with E-state index in [1.807, 2.05) is 42.5 Å². The number of hydrogen-bond donors (Lipinski definition) is 1. The van der Waals surface area contributed by atoms with Crippen LogP contribution >= 0.6 is 0 Å². The van der Waals surface area contributed by atoms with Gasteiger partial charge < -0.3 is 10.2 Å². The molecule has 144 valence electrons. The first-order valence-electron chi connectivity index (χ1n) is 9.64. The van der Waals surface area contributed by atoms with Gasteiger partial charge in [0.25, 0.3) is 0 Å². The fourth-order valence-corrected chi connectivity index (χ4v) is 3.32. The number of pyridine rings is 1. The zero-order valence-corrected chi connectivity index (χ0v) is 16.0. The van der Waals surface area contributed by atoms with Crippen LogP contribution in [0.3, 0.4) is 0 Å². The lowest BCUT2D eigenvalue weighted by molar-refractivity contribution is -0.120. The van der Waals surface area contributed by atoms with Crippen molar-refractivity contribution >= 4 is 17.5 Å². The minimum atomic E-state index is -0.101. The van der Waals surface area contributed by atoms with Gasteiger partial charge in [-0.15, -0.1) is 0 Å². The quantitative estimate of drug-likeness (QED) is 0.704. The Bertz CT molecular complexity index is 1030. The molecule has 1 unspecified atom stereocenters. The van der Waals surface area contributed by atoms with Crippen LogP contribution in [0.1, 0.15) is 24.1 Å². The highest BCUT2D eigenvalue weighted by atomic mass is 16.1. The van der Waals surface area contributed by atoms with Gasteiger partial charge >= 0.3 is 0 Å². The van der Waals surface area contributed by atoms with E-state index >= 15 is 0 Å². The van der Waals surface area contributed by atoms with Crippen molar-refractivity contribution in [3.63, 3.8) is 0 Å². The van der Waals surface area contributed by atoms with E-state index < -0.39 is 0 Å². The monoisotopic (exact) mass is 383 g/mol. The summed E-state index contributed by atoms with van der Waals surface area (Å²) in [5.41, 5.74) is 2.29. The number of nitrogens with zero attached hydrogens (tertiary/aromatic N) is 4. The lowest BCUT2D eigenvalue weighted by Crippen LogP contribution is -2.41. The van der Waals surface area contributed by atoms with Gasteiger partial charge in [-0.2, -0.15) is 0 Å². The minimum Gasteiger partial charge on any atom is -0.340 e. The molecule has 3 aromatic rings. The fraction of sp³-hybridized carbons (Fsp3) is 0.217. The van der Waals surface area contributed by atoms with Gasteiger partial charge in [0, 0.05) is 42.9 Å². The molecule has 29 heavy (non-hydrogen) atoms. The van der Waals surface area contributed by atoms with E-state index in [1.165, 1.54) is 0 Å². The second-order valence-corrected chi connectivity index (χ2v) is 6.87. The summed E-state index contributed by atoms with van der Waals surface area (Å²) < 4.78 is 0. The molecule has 1 aliphatic rings. The lowest BCUT2D eigenvalue weighted by Gasteiger charge is -2.31. The molecule has 1 aliphatic heterocycles. The van der Waals surface area contributed by atoms with Crippen molar-refractivity contribution in [2.45, 2.75) is 12.8 Å². The van der Waals surface area contributed by atoms with E-state index in [2.05, 4.69) is 37.0 Å². The first-order chi connectivity index (χ1) is 14.3. The smallest absolute Gasteiger partial charge is 0.229 e. The Kier molecular flexibility index (Phi) is 5.77. The first-order valence-corrected chi connectivity index (χ1v) is 9.64. The van der Waals surface area contributed by atoms with E-state index in [0.717, 1.165) is 30.6 Å². The van der Waals surface area contributed by atoms with E-state index in [-0.39, 0.29) is 11.8 Å². The molecule has 1 amide bonds. The van der Waals surface area contributed by atoms with Crippen molar-refractivity contribution in [3.05, 3.63) is 78.4 Å². The van der Waals surface area contributed by atoms with E-state index in [1.54, 1.807) is 24.7 Å². The molecule has 1 saturated heterocycles. The Morgan fingerprint density at radius 2 is 1.86 bits per heavy atom. The molecule has 1 fully saturated rings. The predicted octanol–water partition coefficient (Wildman–Crippen LogP) is 3.13. The molecule has 0 saturated carbocycles. The number of carbonyl (C=O) groups is 1. The first kappa shape index (κ1) is 18.6. The molecular formula is C23H21N5O. The number of carbonyl (C=O) groups excluding carboxylic acids is 1. The molecular weight excluding hydrogens is 362 g/mol. The molecule has 1 atom stereocenters. The van der Waals surface area contributed by atoms with Crippen LogP contribution < -0.4 is 10.2 Å². The van der Waals surface area contributed by atoms with Crippen LogP contribution in [0.4, 0.5) is 11.6 Å². The number of aromatic nitrogens is 3. The normalized spacial score (nSPS) is 15.9. The maximum absolute atomic E-state index is 12.8. The van der Waals surface area contributed by atoms with Crippen LogP contribution in [-0.4, -0.2) is 33.9 Å². The van der Waals surface area contributed by atoms with Gasteiger partial charge in [0.15, 0.2) is 0 Å². The topological polar surface area (TPSA) is 71.0 Å². The van der Waals surface area contributed by atoms with Gasteiger partial charge in [-0.1, -0.05) is 18.1 Å². The van der Waals surface area contributed by atoms with Crippen molar-refractivity contribution < 1.29 is 4.79 Å². The standard InChI is InChI=1S/C23H21N5O/c29-22(19-7-4-15-28(17-19)23-25-13-5-14-26-23)27-21-9-3-6-18(16-21)10-11-20-8-1-2-12-24-20/h1-3,5-6,8-9,12-14,16,19H,4,7,15,17H2,(H,27,29). The number of benzene rings is 1. The van der Waals surface area contributed by atoms with Crippen LogP contribution in [-0.2, 0) is 4.79 Å². The second kappa shape index (κ2) is 8.98. The van der Waals surface area contributed by atoms with Crippen molar-refractivity contribution in [1.29, 1.82) is 0 Å². The van der Waals surface area contributed by atoms with Crippen LogP contribution in [0, 0.1) is 17.8 Å². The van der Waals surface area contributed by atoms with E-state index in [9.17, 15) is 4.79 Å². The van der Waals surface area contributed by atoms with Crippen molar-refractivity contribution in [2.75, 3.05) is 23.3 Å². The van der Waals surface area contributed by atoms with Crippen molar-refractivity contribution in [3.8, 4) is 11.8 Å². The highest BCUT2D eigenvalue weighted by Gasteiger charge is 2.27. The third-order valence-corrected chi connectivity index (χ3v) is 4.76. The number of anilines is 2. The molecule has 0 aliphatic carbocycles. The van der Waals surface area contributed by atoms with Crippen LogP contribution in [0.2, 0.25) is 0 Å². The summed E-state index contributed by atoms with van der Waals surface area (Å²) >= 11 is 0. The zero-order chi connectivity index (χ0) is 19.9. The minimum absolute atomic E-state index is 0.0143. The molecule has 0 spiro atoms. The number of amides is 1. The third-order valence-electron chi connectivity index (χ3n) is 4.76. The third kappa shape index (κ3) is 4.96. The second-order valence-electron chi connectivity index (χ2n) is 6.87. The van der Waals surface area contributed by atoms with Crippen LogP contribution in [0.5, 0.6) is 0 Å². The van der Waals surface area contributed by atoms with Gasteiger partial charge in [-0.3, -0.25) is 4.79 Å². The Hall–Kier alpha value is -3.72. The van der Waals surface area contributed by atoms with E-state index in [0.29, 0.717) is 18.2 Å². The van der Waals surface area contributed by atoms with Crippen LogP contribution in [0.25, 0.3) is 0 Å². The summed E-state index contributed by atoms with van der Waals surface area (Å²) in [5.74, 6) is 6.72. The lowest BCUT2D eigenvalue weighted by atomic mass is 9.97. The van der Waals surface area contributed by atoms with Gasteiger partial charge in [0.2, 0.25) is 11.9 Å². The summed E-state index contributed by atoms with van der Waals surface area (Å²) in [6.07, 6.45) is 6.96. The number of nitrogens with one attached hydrogen (secondary N) is 1. The molecule has 0 bridgehead atoms. The highest BCUT2D eigenvalue weighted by Crippen LogP contribution is 2.21. The zero-order valence-electron chi connectivity index (χ0n) is 16.0. The molecule has 3 heterocycles. The SMILES string of the molecule is O=C(Nc1cccc(C#Cc2ccccn2)c1)C1CCCN(c2ncccn2)C1. The average molecular weight is 383 g/mol. The maximum atomic E-state index is 12.8. The molecule has 6 nitrogen and oxygen atoms in total. The van der Waals surface area contributed by atoms with Gasteiger partial charge in [-0.25, -0.2) is 15.0 Å². The molecule has 6 heteroatoms. The van der Waals surface area contributed by atoms with Crippen LogP contribution in [0.15, 0.2) is 67.1 Å². The molecule has 0 radical (unpaired) electrons. The molecule has 1 aromatic carbocycles. The molecule has 4 rings (SSSR count). The summed E-state index contributed by atoms with van der Waals surface area (Å²) in [5, 5.41) is 3.03. The summed E-state index contributed by atoms with van der Waals surface area (Å²) in [6.45, 7) is 1.49. The highest BCUT2D eigenvalue weighted by molar-refractivity contribution is 5.93. The Balaban J connectivity index is 1.41. The van der Waals surface area contributed by atoms with Crippen molar-refractivity contribution in [2.24, 2.45) is 5.92 Å². The Morgan fingerprint density at radius 1 is 1.00 bits per heavy atom. The molecule has 1 N–H and O–H groups in total. The summed E-state index contributed by atoms with van der Waals surface area (Å²) in [7, 11) is 0. The maximum Gasteiger partial charge on any atom is 0.229 e. The van der Waals surface area contributed by atoms with Gasteiger partial charge in [-0.05, 0) is 55.2 Å². The average Bonchev–Trinajstić information content (AvgIpc) is 2.79. The summed E-state index contributed by atoms with van der Waals surface area (Å²) in [6, 6.07) is 15.0. The largest absolute Gasteiger partial charge is 0.340 e. The van der Waals surface area contributed by atoms with Gasteiger partial charge in [0.1, 0.15) is 5.69 Å². The molecule has 2 aromatic heterocycles. The number of hydrogen-bond acceptors (Lipinski definition) is 5. The van der Waals surface area contributed by atoms with Gasteiger partial charge in [0.05, 0.1) is 5.92 Å². The predicted molar refractivity (Wildman–Crippen MR) is 112 cm³/mol.